The van der Waals surface area contributed by atoms with E-state index in [2.05, 4.69) is 107 Å². The van der Waals surface area contributed by atoms with Crippen LogP contribution in [0, 0.1) is 0 Å². The summed E-state index contributed by atoms with van der Waals surface area (Å²) in [6.45, 7) is 3.46. The average molecular weight is 475 g/mol. The fourth-order valence-corrected chi connectivity index (χ4v) is 4.11. The van der Waals surface area contributed by atoms with Gasteiger partial charge in [0, 0.05) is 42.6 Å². The lowest BCUT2D eigenvalue weighted by Gasteiger charge is -2.12. The van der Waals surface area contributed by atoms with Crippen LogP contribution in [0.25, 0.3) is 35.2 Å². The van der Waals surface area contributed by atoms with Gasteiger partial charge < -0.3 is 14.6 Å². The number of H-pyrrole nitrogens is 1. The molecule has 0 amide bonds. The second-order valence-electron chi connectivity index (χ2n) is 8.72. The number of benzene rings is 3. The molecule has 0 spiro atoms. The highest BCUT2D eigenvalue weighted by molar-refractivity contribution is 5.84. The molecule has 0 saturated heterocycles. The fraction of sp³-hybridized carbons (Fsp3) is 0.129. The third-order valence-corrected chi connectivity index (χ3v) is 6.05. The third kappa shape index (κ3) is 5.58. The molecule has 5 rings (SSSR count). The van der Waals surface area contributed by atoms with Crippen LogP contribution in [-0.2, 0) is 13.7 Å². The number of aromatic nitrogens is 3. The predicted molar refractivity (Wildman–Crippen MR) is 151 cm³/mol. The molecule has 0 atom stereocenters. The molecule has 0 unspecified atom stereocenters. The lowest BCUT2D eigenvalue weighted by atomic mass is 10.1. The maximum Gasteiger partial charge on any atom is 0.129 e. The molecule has 0 saturated carbocycles. The molecule has 5 aromatic rings. The minimum atomic E-state index is 0.519. The van der Waals surface area contributed by atoms with Crippen LogP contribution < -0.4 is 10.1 Å². The first-order valence-corrected chi connectivity index (χ1v) is 12.2. The Morgan fingerprint density at radius 3 is 2.67 bits per heavy atom. The van der Waals surface area contributed by atoms with Gasteiger partial charge in [-0.1, -0.05) is 48.5 Å². The Morgan fingerprint density at radius 1 is 0.917 bits per heavy atom. The van der Waals surface area contributed by atoms with Crippen molar-refractivity contribution in [3.8, 4) is 5.75 Å². The van der Waals surface area contributed by atoms with Crippen LogP contribution >= 0.6 is 0 Å². The first kappa shape index (κ1) is 23.2. The number of nitrogens with zero attached hydrogens (tertiary/aromatic N) is 2. The molecule has 2 heterocycles. The zero-order valence-corrected chi connectivity index (χ0v) is 20.6. The van der Waals surface area contributed by atoms with E-state index in [-0.39, 0.29) is 0 Å². The van der Waals surface area contributed by atoms with Crippen molar-refractivity contribution in [2.45, 2.75) is 13.5 Å². The fourth-order valence-electron chi connectivity index (χ4n) is 4.11. The highest BCUT2D eigenvalue weighted by Gasteiger charge is 2.05. The van der Waals surface area contributed by atoms with Crippen molar-refractivity contribution in [1.82, 2.24) is 14.8 Å². The topological polar surface area (TPSA) is 54.9 Å². The number of hydrogen-bond donors (Lipinski definition) is 2. The van der Waals surface area contributed by atoms with E-state index in [0.717, 1.165) is 46.1 Å². The summed E-state index contributed by atoms with van der Waals surface area (Å²) in [7, 11) is 2.06. The number of anilines is 1. The number of fused-ring (bicyclic) bond motifs is 1. The van der Waals surface area contributed by atoms with Crippen LogP contribution in [0.5, 0.6) is 5.75 Å². The molecule has 0 fully saturated rings. The molecule has 2 aromatic heterocycles. The summed E-state index contributed by atoms with van der Waals surface area (Å²) in [5.41, 5.74) is 7.36. The smallest absolute Gasteiger partial charge is 0.129 e. The summed E-state index contributed by atoms with van der Waals surface area (Å²) in [6.07, 6.45) is 10.3. The largest absolute Gasteiger partial charge is 0.488 e. The van der Waals surface area contributed by atoms with E-state index in [1.54, 1.807) is 0 Å². The first-order chi connectivity index (χ1) is 17.7. The molecule has 0 aliphatic rings. The van der Waals surface area contributed by atoms with Gasteiger partial charge in [-0.15, -0.1) is 0 Å². The van der Waals surface area contributed by atoms with Crippen LogP contribution in [0.1, 0.15) is 35.0 Å². The van der Waals surface area contributed by atoms with Gasteiger partial charge in [-0.2, -0.15) is 5.10 Å². The van der Waals surface area contributed by atoms with Crippen molar-refractivity contribution in [2.24, 2.45) is 7.05 Å². The minimum Gasteiger partial charge on any atom is -0.488 e. The van der Waals surface area contributed by atoms with Crippen LogP contribution in [0.4, 0.5) is 5.69 Å². The summed E-state index contributed by atoms with van der Waals surface area (Å²) in [5.74, 6) is 0.837. The predicted octanol–water partition coefficient (Wildman–Crippen LogP) is 7.25. The SMILES string of the molecule is CCNc1ccc(/C=C/c2cc(/C=C/c3ccc4ccn(C)c4c3)n[nH]2)c(OCc2ccccc2)c1. The molecule has 5 nitrogen and oxygen atoms in total. The van der Waals surface area contributed by atoms with E-state index in [0.29, 0.717) is 6.61 Å². The summed E-state index contributed by atoms with van der Waals surface area (Å²) < 4.78 is 8.33. The quantitative estimate of drug-likeness (QED) is 0.236. The van der Waals surface area contributed by atoms with E-state index in [1.165, 1.54) is 10.9 Å². The van der Waals surface area contributed by atoms with Crippen LogP contribution in [0.15, 0.2) is 85.1 Å². The van der Waals surface area contributed by atoms with Crippen molar-refractivity contribution in [2.75, 3.05) is 11.9 Å². The second-order valence-corrected chi connectivity index (χ2v) is 8.72. The molecular formula is C31H30N4O. The Labute approximate surface area is 211 Å². The van der Waals surface area contributed by atoms with Crippen molar-refractivity contribution in [1.29, 1.82) is 0 Å². The first-order valence-electron chi connectivity index (χ1n) is 12.2. The van der Waals surface area contributed by atoms with E-state index in [1.807, 2.05) is 36.4 Å². The van der Waals surface area contributed by atoms with Crippen LogP contribution in [0.3, 0.4) is 0 Å². The average Bonchev–Trinajstić information content (AvgIpc) is 3.52. The number of hydrogen-bond acceptors (Lipinski definition) is 3. The number of nitrogens with one attached hydrogen (secondary N) is 2. The Kier molecular flexibility index (Phi) is 6.99. The van der Waals surface area contributed by atoms with Gasteiger partial charge in [0.25, 0.3) is 0 Å². The molecule has 0 aliphatic heterocycles. The van der Waals surface area contributed by atoms with Crippen LogP contribution in [0.2, 0.25) is 0 Å². The Hall–Kier alpha value is -4.51. The molecule has 5 heteroatoms. The highest BCUT2D eigenvalue weighted by atomic mass is 16.5. The summed E-state index contributed by atoms with van der Waals surface area (Å²) in [6, 6.07) is 27.0. The zero-order chi connectivity index (χ0) is 24.7. The van der Waals surface area contributed by atoms with Gasteiger partial charge >= 0.3 is 0 Å². The van der Waals surface area contributed by atoms with Gasteiger partial charge in [-0.25, -0.2) is 0 Å². The minimum absolute atomic E-state index is 0.519. The molecule has 3 aromatic carbocycles. The van der Waals surface area contributed by atoms with Gasteiger partial charge in [0.1, 0.15) is 12.4 Å². The molecule has 180 valence electrons. The number of aromatic amines is 1. The van der Waals surface area contributed by atoms with E-state index < -0.39 is 0 Å². The second kappa shape index (κ2) is 10.8. The van der Waals surface area contributed by atoms with Gasteiger partial charge in [-0.05, 0) is 72.0 Å². The molecule has 0 aliphatic carbocycles. The molecule has 2 N–H and O–H groups in total. The van der Waals surface area contributed by atoms with E-state index >= 15 is 0 Å². The number of ether oxygens (including phenoxy) is 1. The Bertz CT molecular complexity index is 1510. The lowest BCUT2D eigenvalue weighted by molar-refractivity contribution is 0.306. The van der Waals surface area contributed by atoms with Crippen molar-refractivity contribution in [3.63, 3.8) is 0 Å². The standard InChI is InChI=1S/C31H30N4O/c1-3-32-27-15-12-26(31(21-27)36-22-24-7-5-4-6-8-24)13-16-29-20-28(33-34-29)14-10-23-9-11-25-17-18-35(2)30(25)19-23/h4-21,32H,3,22H2,1-2H3,(H,33,34)/b14-10+,16-13+. The molecule has 0 bridgehead atoms. The number of rotatable bonds is 9. The van der Waals surface area contributed by atoms with Crippen molar-refractivity contribution in [3.05, 3.63) is 113 Å². The normalized spacial score (nSPS) is 11.6. The summed E-state index contributed by atoms with van der Waals surface area (Å²) in [5, 5.41) is 12.2. The van der Waals surface area contributed by atoms with Gasteiger partial charge in [-0.3, -0.25) is 5.10 Å². The third-order valence-electron chi connectivity index (χ3n) is 6.05. The lowest BCUT2D eigenvalue weighted by Crippen LogP contribution is -2.00. The summed E-state index contributed by atoms with van der Waals surface area (Å²) >= 11 is 0. The van der Waals surface area contributed by atoms with E-state index in [9.17, 15) is 0 Å². The Morgan fingerprint density at radius 2 is 1.81 bits per heavy atom. The van der Waals surface area contributed by atoms with Crippen molar-refractivity contribution >= 4 is 40.9 Å². The van der Waals surface area contributed by atoms with E-state index in [4.69, 9.17) is 4.74 Å². The maximum absolute atomic E-state index is 6.19. The van der Waals surface area contributed by atoms with Gasteiger partial charge in [0.2, 0.25) is 0 Å². The van der Waals surface area contributed by atoms with Gasteiger partial charge in [0.05, 0.1) is 11.4 Å². The van der Waals surface area contributed by atoms with Crippen LogP contribution in [-0.4, -0.2) is 21.3 Å². The summed E-state index contributed by atoms with van der Waals surface area (Å²) in [4.78, 5) is 0. The monoisotopic (exact) mass is 474 g/mol. The molecular weight excluding hydrogens is 444 g/mol. The van der Waals surface area contributed by atoms with Crippen molar-refractivity contribution < 1.29 is 4.74 Å². The maximum atomic E-state index is 6.19. The van der Waals surface area contributed by atoms with Gasteiger partial charge in [0.15, 0.2) is 0 Å². The Balaban J connectivity index is 1.31. The zero-order valence-electron chi connectivity index (χ0n) is 20.6. The highest BCUT2D eigenvalue weighted by Crippen LogP contribution is 2.26. The number of aryl methyl sites for hydroxylation is 1. The molecule has 0 radical (unpaired) electrons. The molecule has 36 heavy (non-hydrogen) atoms.